The molecule has 3 aromatic rings. The Balaban J connectivity index is 1.51. The summed E-state index contributed by atoms with van der Waals surface area (Å²) in [5.74, 6) is -0.264. The number of rotatable bonds is 4. The zero-order chi connectivity index (χ0) is 20.4. The van der Waals surface area contributed by atoms with Crippen LogP contribution in [0.1, 0.15) is 26.9 Å². The van der Waals surface area contributed by atoms with E-state index >= 15 is 0 Å². The molecule has 0 radical (unpaired) electrons. The van der Waals surface area contributed by atoms with Gasteiger partial charge in [0.2, 0.25) is 5.91 Å². The number of amides is 2. The van der Waals surface area contributed by atoms with Gasteiger partial charge in [0, 0.05) is 16.9 Å². The number of hydrogen-bond acceptors (Lipinski definition) is 3. The van der Waals surface area contributed by atoms with Gasteiger partial charge in [-0.05, 0) is 55.0 Å². The van der Waals surface area contributed by atoms with Crippen LogP contribution >= 0.6 is 11.8 Å². The standard InChI is InChI=1S/C23H19FN2O2S/c1-15-5-7-16(8-6-15)22(28)25-19-11-9-17(10-12-19)23-26(21(27)14-29-23)20-4-2-3-18(24)13-20/h2-13,23H,14H2,1H3,(H,25,28). The van der Waals surface area contributed by atoms with E-state index in [-0.39, 0.29) is 23.0 Å². The van der Waals surface area contributed by atoms with Gasteiger partial charge in [0.15, 0.2) is 0 Å². The first kappa shape index (κ1) is 19.2. The van der Waals surface area contributed by atoms with Gasteiger partial charge >= 0.3 is 0 Å². The fourth-order valence-corrected chi connectivity index (χ4v) is 4.39. The molecular formula is C23H19FN2O2S. The number of anilines is 2. The molecule has 29 heavy (non-hydrogen) atoms. The third-order valence-corrected chi connectivity index (χ3v) is 5.93. The van der Waals surface area contributed by atoms with Crippen molar-refractivity contribution in [2.75, 3.05) is 16.0 Å². The lowest BCUT2D eigenvalue weighted by Gasteiger charge is -2.24. The number of thioether (sulfide) groups is 1. The van der Waals surface area contributed by atoms with Crippen LogP contribution < -0.4 is 10.2 Å². The maximum absolute atomic E-state index is 13.6. The lowest BCUT2D eigenvalue weighted by Crippen LogP contribution is -2.27. The number of aryl methyl sites for hydroxylation is 1. The second-order valence-corrected chi connectivity index (χ2v) is 7.92. The van der Waals surface area contributed by atoms with Crippen molar-refractivity contribution >= 4 is 35.0 Å². The predicted octanol–water partition coefficient (Wildman–Crippen LogP) is 5.17. The number of benzene rings is 3. The number of halogens is 1. The monoisotopic (exact) mass is 406 g/mol. The van der Waals surface area contributed by atoms with Crippen LogP contribution in [0.25, 0.3) is 0 Å². The fraction of sp³-hybridized carbons (Fsp3) is 0.130. The van der Waals surface area contributed by atoms with Gasteiger partial charge in [-0.25, -0.2) is 4.39 Å². The van der Waals surface area contributed by atoms with E-state index in [1.807, 2.05) is 43.3 Å². The van der Waals surface area contributed by atoms with E-state index in [1.165, 1.54) is 23.9 Å². The minimum absolute atomic E-state index is 0.0534. The lowest BCUT2D eigenvalue weighted by atomic mass is 10.1. The Kier molecular flexibility index (Phi) is 5.36. The molecule has 1 aliphatic heterocycles. The van der Waals surface area contributed by atoms with Gasteiger partial charge in [-0.2, -0.15) is 0 Å². The molecule has 1 atom stereocenters. The van der Waals surface area contributed by atoms with Crippen LogP contribution in [-0.4, -0.2) is 17.6 Å². The minimum Gasteiger partial charge on any atom is -0.322 e. The van der Waals surface area contributed by atoms with Crippen LogP contribution in [-0.2, 0) is 4.79 Å². The highest BCUT2D eigenvalue weighted by Crippen LogP contribution is 2.42. The first-order valence-corrected chi connectivity index (χ1v) is 10.2. The number of hydrogen-bond donors (Lipinski definition) is 1. The van der Waals surface area contributed by atoms with Gasteiger partial charge in [0.05, 0.1) is 5.75 Å². The van der Waals surface area contributed by atoms with E-state index in [4.69, 9.17) is 0 Å². The molecule has 1 heterocycles. The second-order valence-electron chi connectivity index (χ2n) is 6.85. The SMILES string of the molecule is Cc1ccc(C(=O)Nc2ccc(C3SCC(=O)N3c3cccc(F)c3)cc2)cc1. The highest BCUT2D eigenvalue weighted by molar-refractivity contribution is 8.00. The van der Waals surface area contributed by atoms with E-state index in [0.29, 0.717) is 22.7 Å². The van der Waals surface area contributed by atoms with E-state index in [2.05, 4.69) is 5.32 Å². The zero-order valence-corrected chi connectivity index (χ0v) is 16.6. The minimum atomic E-state index is -0.375. The molecule has 0 aromatic heterocycles. The Bertz CT molecular complexity index is 1050. The van der Waals surface area contributed by atoms with Gasteiger partial charge < -0.3 is 5.32 Å². The largest absolute Gasteiger partial charge is 0.322 e. The Hall–Kier alpha value is -3.12. The maximum Gasteiger partial charge on any atom is 0.255 e. The topological polar surface area (TPSA) is 49.4 Å². The van der Waals surface area contributed by atoms with Crippen LogP contribution in [0.3, 0.4) is 0 Å². The molecule has 6 heteroatoms. The van der Waals surface area contributed by atoms with Gasteiger partial charge in [-0.3, -0.25) is 14.5 Å². The highest BCUT2D eigenvalue weighted by Gasteiger charge is 2.34. The summed E-state index contributed by atoms with van der Waals surface area (Å²) in [5.41, 5.74) is 3.82. The smallest absolute Gasteiger partial charge is 0.255 e. The average Bonchev–Trinajstić information content (AvgIpc) is 3.10. The summed E-state index contributed by atoms with van der Waals surface area (Å²) in [6.07, 6.45) is 0. The van der Waals surface area contributed by atoms with Crippen molar-refractivity contribution in [3.8, 4) is 0 Å². The van der Waals surface area contributed by atoms with Crippen molar-refractivity contribution in [2.45, 2.75) is 12.3 Å². The lowest BCUT2D eigenvalue weighted by molar-refractivity contribution is -0.115. The van der Waals surface area contributed by atoms with Crippen molar-refractivity contribution in [2.24, 2.45) is 0 Å². The van der Waals surface area contributed by atoms with Crippen molar-refractivity contribution in [1.29, 1.82) is 0 Å². The van der Waals surface area contributed by atoms with Crippen molar-refractivity contribution in [3.05, 3.63) is 95.3 Å². The molecule has 3 aromatic carbocycles. The van der Waals surface area contributed by atoms with Crippen LogP contribution in [0.15, 0.2) is 72.8 Å². The number of nitrogens with zero attached hydrogens (tertiary/aromatic N) is 1. The normalized spacial score (nSPS) is 16.1. The molecule has 2 amide bonds. The Morgan fingerprint density at radius 2 is 1.79 bits per heavy atom. The Labute approximate surface area is 172 Å². The van der Waals surface area contributed by atoms with Gasteiger partial charge in [-0.15, -0.1) is 11.8 Å². The molecule has 1 N–H and O–H groups in total. The molecule has 1 aliphatic rings. The van der Waals surface area contributed by atoms with Crippen LogP contribution in [0.5, 0.6) is 0 Å². The molecule has 4 rings (SSSR count). The molecule has 0 spiro atoms. The summed E-state index contributed by atoms with van der Waals surface area (Å²) in [7, 11) is 0. The van der Waals surface area contributed by atoms with Gasteiger partial charge in [-0.1, -0.05) is 35.9 Å². The molecule has 4 nitrogen and oxygen atoms in total. The third-order valence-electron chi connectivity index (χ3n) is 4.72. The summed E-state index contributed by atoms with van der Waals surface area (Å²) >= 11 is 1.50. The van der Waals surface area contributed by atoms with E-state index in [1.54, 1.807) is 29.2 Å². The molecule has 0 bridgehead atoms. The van der Waals surface area contributed by atoms with Crippen molar-refractivity contribution < 1.29 is 14.0 Å². The molecular weight excluding hydrogens is 387 g/mol. The molecule has 0 saturated carbocycles. The van der Waals surface area contributed by atoms with Gasteiger partial charge in [0.25, 0.3) is 5.91 Å². The summed E-state index contributed by atoms with van der Waals surface area (Å²) in [6, 6.07) is 20.8. The predicted molar refractivity (Wildman–Crippen MR) is 115 cm³/mol. The highest BCUT2D eigenvalue weighted by atomic mass is 32.2. The first-order chi connectivity index (χ1) is 14.0. The van der Waals surface area contributed by atoms with E-state index in [9.17, 15) is 14.0 Å². The third kappa shape index (κ3) is 4.17. The quantitative estimate of drug-likeness (QED) is 0.651. The second kappa shape index (κ2) is 8.09. The van der Waals surface area contributed by atoms with Crippen LogP contribution in [0.2, 0.25) is 0 Å². The molecule has 146 valence electrons. The summed E-state index contributed by atoms with van der Waals surface area (Å²) in [5, 5.41) is 2.65. The first-order valence-electron chi connectivity index (χ1n) is 9.18. The van der Waals surface area contributed by atoms with Crippen LogP contribution in [0.4, 0.5) is 15.8 Å². The number of carbonyl (C=O) groups excluding carboxylic acids is 2. The zero-order valence-electron chi connectivity index (χ0n) is 15.8. The van der Waals surface area contributed by atoms with E-state index in [0.717, 1.165) is 11.1 Å². The number of carbonyl (C=O) groups is 2. The molecule has 0 aliphatic carbocycles. The van der Waals surface area contributed by atoms with Crippen molar-refractivity contribution in [3.63, 3.8) is 0 Å². The summed E-state index contributed by atoms with van der Waals surface area (Å²) in [6.45, 7) is 1.97. The molecule has 1 saturated heterocycles. The summed E-state index contributed by atoms with van der Waals surface area (Å²) < 4.78 is 13.6. The molecule has 1 unspecified atom stereocenters. The Morgan fingerprint density at radius 3 is 2.48 bits per heavy atom. The van der Waals surface area contributed by atoms with E-state index < -0.39 is 0 Å². The summed E-state index contributed by atoms with van der Waals surface area (Å²) in [4.78, 5) is 26.4. The molecule has 1 fully saturated rings. The van der Waals surface area contributed by atoms with Crippen LogP contribution in [0, 0.1) is 12.7 Å². The number of nitrogens with one attached hydrogen (secondary N) is 1. The Morgan fingerprint density at radius 1 is 1.07 bits per heavy atom. The van der Waals surface area contributed by atoms with Crippen molar-refractivity contribution in [1.82, 2.24) is 0 Å². The average molecular weight is 406 g/mol. The fourth-order valence-electron chi connectivity index (χ4n) is 3.22. The van der Waals surface area contributed by atoms with Gasteiger partial charge in [0.1, 0.15) is 11.2 Å². The maximum atomic E-state index is 13.6.